The highest BCUT2D eigenvalue weighted by molar-refractivity contribution is 6.32. The van der Waals surface area contributed by atoms with Gasteiger partial charge in [-0.1, -0.05) is 29.8 Å². The third-order valence-corrected chi connectivity index (χ3v) is 4.31. The van der Waals surface area contributed by atoms with Crippen molar-refractivity contribution in [3.8, 4) is 11.4 Å². The Hall–Kier alpha value is -2.79. The molecule has 1 amide bonds. The molecule has 0 aliphatic carbocycles. The van der Waals surface area contributed by atoms with Crippen molar-refractivity contribution in [1.82, 2.24) is 14.9 Å². The molecule has 0 aliphatic heterocycles. The second kappa shape index (κ2) is 8.06. The Morgan fingerprint density at radius 1 is 1.27 bits per heavy atom. The van der Waals surface area contributed by atoms with Crippen molar-refractivity contribution in [2.45, 2.75) is 20.4 Å². The van der Waals surface area contributed by atoms with Crippen molar-refractivity contribution in [1.29, 1.82) is 0 Å². The van der Waals surface area contributed by atoms with Crippen LogP contribution in [0.2, 0.25) is 5.02 Å². The number of aryl methyl sites for hydroxylation is 1. The number of amides is 1. The molecule has 0 spiro atoms. The number of hydrogen-bond acceptors (Lipinski definition) is 3. The fraction of sp³-hybridized carbons (Fsp3) is 0.200. The lowest BCUT2D eigenvalue weighted by Crippen LogP contribution is -2.23. The number of nitrogens with one attached hydrogen (secondary N) is 1. The van der Waals surface area contributed by atoms with Gasteiger partial charge in [-0.2, -0.15) is 0 Å². The van der Waals surface area contributed by atoms with Crippen LogP contribution in [0.4, 0.5) is 0 Å². The molecule has 0 atom stereocenters. The summed E-state index contributed by atoms with van der Waals surface area (Å²) in [7, 11) is 0. The fourth-order valence-electron chi connectivity index (χ4n) is 2.72. The van der Waals surface area contributed by atoms with Gasteiger partial charge in [0.25, 0.3) is 5.91 Å². The van der Waals surface area contributed by atoms with E-state index >= 15 is 0 Å². The zero-order valence-electron chi connectivity index (χ0n) is 14.7. The molecular weight excluding hydrogens is 350 g/mol. The summed E-state index contributed by atoms with van der Waals surface area (Å²) in [6, 6.07) is 12.9. The van der Waals surface area contributed by atoms with Crippen molar-refractivity contribution in [3.05, 3.63) is 76.8 Å². The third-order valence-electron chi connectivity index (χ3n) is 4.01. The van der Waals surface area contributed by atoms with E-state index in [1.165, 1.54) is 0 Å². The van der Waals surface area contributed by atoms with Crippen molar-refractivity contribution in [2.75, 3.05) is 6.61 Å². The number of carbonyl (C=O) groups excluding carboxylic acids is 1. The molecule has 0 radical (unpaired) electrons. The summed E-state index contributed by atoms with van der Waals surface area (Å²) in [5, 5.41) is 3.37. The smallest absolute Gasteiger partial charge is 0.251 e. The standard InChI is InChI=1S/C20H20ClN3O2/c1-3-26-19-9-8-15(12-17(19)21)20(25)23-13-16-6-4-5-7-18(16)24-11-10-22-14(24)2/h4-12H,3,13H2,1-2H3,(H,23,25). The minimum atomic E-state index is -0.188. The first-order chi connectivity index (χ1) is 12.6. The predicted molar refractivity (Wildman–Crippen MR) is 102 cm³/mol. The van der Waals surface area contributed by atoms with Crippen LogP contribution in [0.1, 0.15) is 28.7 Å². The van der Waals surface area contributed by atoms with Crippen LogP contribution in [0.5, 0.6) is 5.75 Å². The number of carbonyl (C=O) groups is 1. The van der Waals surface area contributed by atoms with E-state index in [-0.39, 0.29) is 5.91 Å². The summed E-state index contributed by atoms with van der Waals surface area (Å²) in [5.74, 6) is 1.28. The summed E-state index contributed by atoms with van der Waals surface area (Å²) in [6.07, 6.45) is 3.66. The molecule has 1 aromatic heterocycles. The van der Waals surface area contributed by atoms with E-state index in [2.05, 4.69) is 10.3 Å². The molecular formula is C20H20ClN3O2. The summed E-state index contributed by atoms with van der Waals surface area (Å²) >= 11 is 6.16. The number of hydrogen-bond donors (Lipinski definition) is 1. The lowest BCUT2D eigenvalue weighted by Gasteiger charge is -2.13. The van der Waals surface area contributed by atoms with Crippen molar-refractivity contribution < 1.29 is 9.53 Å². The highest BCUT2D eigenvalue weighted by Crippen LogP contribution is 2.25. The summed E-state index contributed by atoms with van der Waals surface area (Å²) in [6.45, 7) is 4.75. The maximum absolute atomic E-state index is 12.5. The summed E-state index contributed by atoms with van der Waals surface area (Å²) < 4.78 is 7.39. The lowest BCUT2D eigenvalue weighted by molar-refractivity contribution is 0.0951. The van der Waals surface area contributed by atoms with Gasteiger partial charge < -0.3 is 14.6 Å². The number of halogens is 1. The molecule has 2 aromatic carbocycles. The zero-order valence-corrected chi connectivity index (χ0v) is 15.5. The monoisotopic (exact) mass is 369 g/mol. The van der Waals surface area contributed by atoms with Crippen LogP contribution in [-0.4, -0.2) is 22.1 Å². The number of para-hydroxylation sites is 1. The average Bonchev–Trinajstić information content (AvgIpc) is 3.07. The van der Waals surface area contributed by atoms with Gasteiger partial charge in [0.1, 0.15) is 11.6 Å². The molecule has 6 heteroatoms. The van der Waals surface area contributed by atoms with Crippen LogP contribution in [0.3, 0.4) is 0 Å². The zero-order chi connectivity index (χ0) is 18.5. The third kappa shape index (κ3) is 3.89. The highest BCUT2D eigenvalue weighted by atomic mass is 35.5. The van der Waals surface area contributed by atoms with Gasteiger partial charge in [0, 0.05) is 24.5 Å². The Labute approximate surface area is 157 Å². The second-order valence-corrected chi connectivity index (χ2v) is 6.14. The molecule has 26 heavy (non-hydrogen) atoms. The van der Waals surface area contributed by atoms with E-state index in [0.29, 0.717) is 29.5 Å². The van der Waals surface area contributed by atoms with E-state index in [4.69, 9.17) is 16.3 Å². The number of rotatable bonds is 6. The molecule has 134 valence electrons. The Morgan fingerprint density at radius 2 is 2.08 bits per heavy atom. The molecule has 0 bridgehead atoms. The van der Waals surface area contributed by atoms with Gasteiger partial charge in [0.05, 0.1) is 17.3 Å². The van der Waals surface area contributed by atoms with E-state index in [1.54, 1.807) is 24.4 Å². The Bertz CT molecular complexity index is 921. The average molecular weight is 370 g/mol. The van der Waals surface area contributed by atoms with Crippen LogP contribution < -0.4 is 10.1 Å². The van der Waals surface area contributed by atoms with Crippen LogP contribution in [0.15, 0.2) is 54.9 Å². The number of aromatic nitrogens is 2. The number of benzene rings is 2. The van der Waals surface area contributed by atoms with Gasteiger partial charge in [-0.05, 0) is 43.7 Å². The maximum Gasteiger partial charge on any atom is 0.251 e. The van der Waals surface area contributed by atoms with Gasteiger partial charge in [0.2, 0.25) is 0 Å². The van der Waals surface area contributed by atoms with E-state index in [9.17, 15) is 4.79 Å². The molecule has 0 fully saturated rings. The maximum atomic E-state index is 12.5. The van der Waals surface area contributed by atoms with E-state index in [0.717, 1.165) is 17.1 Å². The van der Waals surface area contributed by atoms with Crippen molar-refractivity contribution in [2.24, 2.45) is 0 Å². The van der Waals surface area contributed by atoms with Gasteiger partial charge in [-0.25, -0.2) is 4.98 Å². The van der Waals surface area contributed by atoms with Crippen molar-refractivity contribution in [3.63, 3.8) is 0 Å². The molecule has 0 unspecified atom stereocenters. The summed E-state index contributed by atoms with van der Waals surface area (Å²) in [4.78, 5) is 16.7. The van der Waals surface area contributed by atoms with E-state index in [1.807, 2.05) is 48.9 Å². The van der Waals surface area contributed by atoms with Gasteiger partial charge >= 0.3 is 0 Å². The first-order valence-electron chi connectivity index (χ1n) is 8.39. The van der Waals surface area contributed by atoms with Crippen LogP contribution in [0, 0.1) is 6.92 Å². The Balaban J connectivity index is 1.75. The molecule has 5 nitrogen and oxygen atoms in total. The Morgan fingerprint density at radius 3 is 2.77 bits per heavy atom. The van der Waals surface area contributed by atoms with Crippen LogP contribution in [0.25, 0.3) is 5.69 Å². The number of imidazole rings is 1. The highest BCUT2D eigenvalue weighted by Gasteiger charge is 2.11. The topological polar surface area (TPSA) is 56.1 Å². The fourth-order valence-corrected chi connectivity index (χ4v) is 2.96. The molecule has 1 N–H and O–H groups in total. The minimum absolute atomic E-state index is 0.188. The number of nitrogens with zero attached hydrogens (tertiary/aromatic N) is 2. The first-order valence-corrected chi connectivity index (χ1v) is 8.76. The van der Waals surface area contributed by atoms with Gasteiger partial charge in [-0.15, -0.1) is 0 Å². The molecule has 0 saturated carbocycles. The predicted octanol–water partition coefficient (Wildman–Crippen LogP) is 4.16. The first kappa shape index (κ1) is 18.0. The van der Waals surface area contributed by atoms with Crippen LogP contribution >= 0.6 is 11.6 Å². The molecule has 1 heterocycles. The van der Waals surface area contributed by atoms with Gasteiger partial charge in [0.15, 0.2) is 0 Å². The Kier molecular flexibility index (Phi) is 5.58. The van der Waals surface area contributed by atoms with Gasteiger partial charge in [-0.3, -0.25) is 4.79 Å². The summed E-state index contributed by atoms with van der Waals surface area (Å²) in [5.41, 5.74) is 2.49. The lowest BCUT2D eigenvalue weighted by atomic mass is 10.1. The molecule has 0 saturated heterocycles. The molecule has 3 aromatic rings. The van der Waals surface area contributed by atoms with E-state index < -0.39 is 0 Å². The van der Waals surface area contributed by atoms with Crippen molar-refractivity contribution >= 4 is 17.5 Å². The largest absolute Gasteiger partial charge is 0.492 e. The molecule has 0 aliphatic rings. The normalized spacial score (nSPS) is 10.6. The number of ether oxygens (including phenoxy) is 1. The van der Waals surface area contributed by atoms with Crippen LogP contribution in [-0.2, 0) is 6.54 Å². The minimum Gasteiger partial charge on any atom is -0.492 e. The molecule has 3 rings (SSSR count). The SMILES string of the molecule is CCOc1ccc(C(=O)NCc2ccccc2-n2ccnc2C)cc1Cl. The quantitative estimate of drug-likeness (QED) is 0.709. The second-order valence-electron chi connectivity index (χ2n) is 5.73.